The molecule has 6 nitrogen and oxygen atoms in total. The quantitative estimate of drug-likeness (QED) is 0.792. The summed E-state index contributed by atoms with van der Waals surface area (Å²) in [5.74, 6) is -0.960. The van der Waals surface area contributed by atoms with E-state index in [1.807, 2.05) is 19.1 Å². The number of aromatic carboxylic acids is 1. The Morgan fingerprint density at radius 3 is 2.90 bits per heavy atom. The Bertz CT molecular complexity index is 796. The van der Waals surface area contributed by atoms with Crippen LogP contribution in [0.3, 0.4) is 0 Å². The molecule has 3 aromatic rings. The van der Waals surface area contributed by atoms with Gasteiger partial charge in [0.25, 0.3) is 0 Å². The van der Waals surface area contributed by atoms with Gasteiger partial charge in [0.2, 0.25) is 0 Å². The van der Waals surface area contributed by atoms with Crippen molar-refractivity contribution in [3.63, 3.8) is 0 Å². The van der Waals surface area contributed by atoms with Gasteiger partial charge < -0.3 is 5.11 Å². The fourth-order valence-corrected chi connectivity index (χ4v) is 2.24. The highest BCUT2D eigenvalue weighted by atomic mass is 16.4. The molecule has 0 aliphatic heterocycles. The molecule has 0 aliphatic rings. The predicted molar refractivity (Wildman–Crippen MR) is 77.2 cm³/mol. The first-order valence-electron chi connectivity index (χ1n) is 6.66. The minimum Gasteiger partial charge on any atom is -0.478 e. The predicted octanol–water partition coefficient (Wildman–Crippen LogP) is 2.14. The Balaban J connectivity index is 2.12. The van der Waals surface area contributed by atoms with Crippen LogP contribution < -0.4 is 0 Å². The van der Waals surface area contributed by atoms with Crippen molar-refractivity contribution in [2.24, 2.45) is 0 Å². The van der Waals surface area contributed by atoms with Gasteiger partial charge in [-0.25, -0.2) is 14.5 Å². The summed E-state index contributed by atoms with van der Waals surface area (Å²) in [4.78, 5) is 20.0. The van der Waals surface area contributed by atoms with Gasteiger partial charge in [-0.05, 0) is 24.1 Å². The third-order valence-electron chi connectivity index (χ3n) is 3.31. The van der Waals surface area contributed by atoms with E-state index in [9.17, 15) is 9.90 Å². The third kappa shape index (κ3) is 2.47. The van der Waals surface area contributed by atoms with Gasteiger partial charge in [0.1, 0.15) is 0 Å². The van der Waals surface area contributed by atoms with Crippen molar-refractivity contribution in [1.82, 2.24) is 19.7 Å². The van der Waals surface area contributed by atoms with Crippen molar-refractivity contribution in [3.8, 4) is 0 Å². The Kier molecular flexibility index (Phi) is 3.35. The standard InChI is InChI=1S/C15H14N4O2/c1-2-11-6-12(15(20)21)13-8-17-19(14(13)18-11)9-10-4-3-5-16-7-10/h3-8H,2,9H2,1H3,(H,20,21). The van der Waals surface area contributed by atoms with Crippen molar-refractivity contribution in [1.29, 1.82) is 0 Å². The molecule has 0 amide bonds. The normalized spacial score (nSPS) is 10.9. The molecule has 3 rings (SSSR count). The molecule has 0 radical (unpaired) electrons. The highest BCUT2D eigenvalue weighted by Gasteiger charge is 2.15. The lowest BCUT2D eigenvalue weighted by Gasteiger charge is -2.05. The van der Waals surface area contributed by atoms with E-state index in [-0.39, 0.29) is 5.56 Å². The van der Waals surface area contributed by atoms with Crippen LogP contribution in [0.5, 0.6) is 0 Å². The summed E-state index contributed by atoms with van der Waals surface area (Å²) in [5.41, 5.74) is 2.57. The van der Waals surface area contributed by atoms with Gasteiger partial charge >= 0.3 is 5.97 Å². The molecule has 0 aromatic carbocycles. The van der Waals surface area contributed by atoms with E-state index in [1.165, 1.54) is 0 Å². The van der Waals surface area contributed by atoms with Gasteiger partial charge in [-0.3, -0.25) is 4.98 Å². The molecule has 0 saturated carbocycles. The van der Waals surface area contributed by atoms with Crippen LogP contribution in [0.2, 0.25) is 0 Å². The average molecular weight is 282 g/mol. The van der Waals surface area contributed by atoms with Crippen molar-refractivity contribution < 1.29 is 9.90 Å². The zero-order valence-electron chi connectivity index (χ0n) is 11.5. The van der Waals surface area contributed by atoms with Gasteiger partial charge in [0.15, 0.2) is 5.65 Å². The highest BCUT2D eigenvalue weighted by Crippen LogP contribution is 2.19. The molecule has 106 valence electrons. The smallest absolute Gasteiger partial charge is 0.336 e. The lowest BCUT2D eigenvalue weighted by atomic mass is 10.1. The van der Waals surface area contributed by atoms with E-state index in [2.05, 4.69) is 15.1 Å². The van der Waals surface area contributed by atoms with Crippen LogP contribution >= 0.6 is 0 Å². The number of carbonyl (C=O) groups is 1. The van der Waals surface area contributed by atoms with E-state index in [4.69, 9.17) is 0 Å². The molecule has 1 N–H and O–H groups in total. The lowest BCUT2D eigenvalue weighted by molar-refractivity contribution is 0.0699. The van der Waals surface area contributed by atoms with Gasteiger partial charge in [-0.2, -0.15) is 5.10 Å². The van der Waals surface area contributed by atoms with E-state index < -0.39 is 5.97 Å². The van der Waals surface area contributed by atoms with Gasteiger partial charge in [0, 0.05) is 18.1 Å². The molecule has 3 aromatic heterocycles. The summed E-state index contributed by atoms with van der Waals surface area (Å²) in [6.07, 6.45) is 5.70. The second-order valence-corrected chi connectivity index (χ2v) is 4.72. The molecule has 0 saturated heterocycles. The summed E-state index contributed by atoms with van der Waals surface area (Å²) in [7, 11) is 0. The molecular weight excluding hydrogens is 268 g/mol. The van der Waals surface area contributed by atoms with Crippen LogP contribution in [-0.2, 0) is 13.0 Å². The van der Waals surface area contributed by atoms with Crippen molar-refractivity contribution in [2.75, 3.05) is 0 Å². The second-order valence-electron chi connectivity index (χ2n) is 4.72. The van der Waals surface area contributed by atoms with Crippen molar-refractivity contribution in [2.45, 2.75) is 19.9 Å². The zero-order valence-corrected chi connectivity index (χ0v) is 11.5. The number of fused-ring (bicyclic) bond motifs is 1. The summed E-state index contributed by atoms with van der Waals surface area (Å²) in [5, 5.41) is 14.2. The average Bonchev–Trinajstić information content (AvgIpc) is 2.90. The van der Waals surface area contributed by atoms with Crippen LogP contribution in [0.25, 0.3) is 11.0 Å². The molecule has 0 aliphatic carbocycles. The summed E-state index contributed by atoms with van der Waals surface area (Å²) < 4.78 is 1.71. The number of carboxylic acids is 1. The first kappa shape index (κ1) is 13.2. The van der Waals surface area contributed by atoms with Gasteiger partial charge in [0.05, 0.1) is 23.7 Å². The Morgan fingerprint density at radius 2 is 2.24 bits per heavy atom. The number of aromatic nitrogens is 4. The number of carboxylic acid groups (broad SMARTS) is 1. The molecule has 0 unspecified atom stereocenters. The summed E-state index contributed by atoms with van der Waals surface area (Å²) >= 11 is 0. The molecule has 3 heterocycles. The zero-order chi connectivity index (χ0) is 14.8. The van der Waals surface area contributed by atoms with E-state index in [1.54, 1.807) is 29.3 Å². The second kappa shape index (κ2) is 5.32. The molecule has 6 heteroatoms. The van der Waals surface area contributed by atoms with Crippen LogP contribution in [0, 0.1) is 0 Å². The fraction of sp³-hybridized carbons (Fsp3) is 0.200. The molecule has 0 fully saturated rings. The van der Waals surface area contributed by atoms with E-state index in [0.717, 1.165) is 11.3 Å². The summed E-state index contributed by atoms with van der Waals surface area (Å²) in [6.45, 7) is 2.46. The molecular formula is C15H14N4O2. The maximum absolute atomic E-state index is 11.4. The van der Waals surface area contributed by atoms with Crippen LogP contribution in [0.1, 0.15) is 28.5 Å². The Labute approximate surface area is 121 Å². The number of rotatable bonds is 4. The lowest BCUT2D eigenvalue weighted by Crippen LogP contribution is -2.06. The van der Waals surface area contributed by atoms with Crippen molar-refractivity contribution >= 4 is 17.0 Å². The van der Waals surface area contributed by atoms with Gasteiger partial charge in [-0.15, -0.1) is 0 Å². The molecule has 21 heavy (non-hydrogen) atoms. The molecule has 0 bridgehead atoms. The first-order chi connectivity index (χ1) is 10.2. The monoisotopic (exact) mass is 282 g/mol. The number of aryl methyl sites for hydroxylation is 1. The Morgan fingerprint density at radius 1 is 1.38 bits per heavy atom. The van der Waals surface area contributed by atoms with Gasteiger partial charge in [-0.1, -0.05) is 13.0 Å². The van der Waals surface area contributed by atoms with Crippen molar-refractivity contribution in [3.05, 3.63) is 53.6 Å². The number of nitrogens with zero attached hydrogens (tertiary/aromatic N) is 4. The minimum atomic E-state index is -0.960. The number of hydrogen-bond donors (Lipinski definition) is 1. The Hall–Kier alpha value is -2.76. The highest BCUT2D eigenvalue weighted by molar-refractivity contribution is 6.01. The SMILES string of the molecule is CCc1cc(C(=O)O)c2cnn(Cc3cccnc3)c2n1. The van der Waals surface area contributed by atoms with E-state index in [0.29, 0.717) is 24.0 Å². The third-order valence-corrected chi connectivity index (χ3v) is 3.31. The van der Waals surface area contributed by atoms with Crippen LogP contribution in [0.4, 0.5) is 0 Å². The minimum absolute atomic E-state index is 0.245. The number of hydrogen-bond acceptors (Lipinski definition) is 4. The maximum Gasteiger partial charge on any atom is 0.336 e. The molecule has 0 atom stereocenters. The topological polar surface area (TPSA) is 80.9 Å². The fourth-order valence-electron chi connectivity index (χ4n) is 2.24. The van der Waals surface area contributed by atoms with Crippen LogP contribution in [0.15, 0.2) is 36.8 Å². The molecule has 0 spiro atoms. The maximum atomic E-state index is 11.4. The number of pyridine rings is 2. The summed E-state index contributed by atoms with van der Waals surface area (Å²) in [6, 6.07) is 5.41. The van der Waals surface area contributed by atoms with E-state index >= 15 is 0 Å². The largest absolute Gasteiger partial charge is 0.478 e. The van der Waals surface area contributed by atoms with Crippen LogP contribution in [-0.4, -0.2) is 30.8 Å². The first-order valence-corrected chi connectivity index (χ1v) is 6.66.